The van der Waals surface area contributed by atoms with Gasteiger partial charge < -0.3 is 4.74 Å². The lowest BCUT2D eigenvalue weighted by Crippen LogP contribution is -2.54. The standard InChI is InChI=1S/C24H14Cl3N3O6/c25-15-9-14(21(19(27)11-15)36-12-13-5-7-16(8-6-13)30(34)35)10-17-22(31)28-24(33)29(23(17)32)20-4-2-1-3-18(20)26/h1-11H,12H2,(H,28,31,33)/b17-10+. The second-order valence-corrected chi connectivity index (χ2v) is 8.68. The number of non-ortho nitro benzene ring substituents is 1. The fraction of sp³-hybridized carbons (Fsp3) is 0.0417. The van der Waals surface area contributed by atoms with Gasteiger partial charge in [0.15, 0.2) is 0 Å². The van der Waals surface area contributed by atoms with E-state index in [1.54, 1.807) is 12.1 Å². The minimum Gasteiger partial charge on any atom is -0.487 e. The van der Waals surface area contributed by atoms with Crippen molar-refractivity contribution in [3.05, 3.63) is 103 Å². The molecule has 0 unspecified atom stereocenters. The van der Waals surface area contributed by atoms with Crippen LogP contribution in [0, 0.1) is 10.1 Å². The largest absolute Gasteiger partial charge is 0.487 e. The minimum atomic E-state index is -0.950. The Morgan fingerprint density at radius 1 is 0.972 bits per heavy atom. The average molecular weight is 547 g/mol. The zero-order chi connectivity index (χ0) is 26.0. The Balaban J connectivity index is 1.69. The molecule has 0 aliphatic carbocycles. The number of carbonyl (C=O) groups is 3. The third-order valence-electron chi connectivity index (χ3n) is 5.06. The molecule has 0 radical (unpaired) electrons. The first-order valence-electron chi connectivity index (χ1n) is 10.2. The summed E-state index contributed by atoms with van der Waals surface area (Å²) >= 11 is 18.6. The highest BCUT2D eigenvalue weighted by molar-refractivity contribution is 6.42. The molecule has 1 aliphatic rings. The normalized spacial score (nSPS) is 14.7. The number of nitrogens with one attached hydrogen (secondary N) is 1. The quantitative estimate of drug-likeness (QED) is 0.181. The predicted molar refractivity (Wildman–Crippen MR) is 134 cm³/mol. The average Bonchev–Trinajstić information content (AvgIpc) is 2.82. The summed E-state index contributed by atoms with van der Waals surface area (Å²) in [6, 6.07) is 13.8. The topological polar surface area (TPSA) is 119 Å². The number of nitro benzene ring substituents is 1. The van der Waals surface area contributed by atoms with Crippen molar-refractivity contribution in [2.24, 2.45) is 0 Å². The summed E-state index contributed by atoms with van der Waals surface area (Å²) in [5, 5.41) is 13.4. The van der Waals surface area contributed by atoms with Crippen LogP contribution in [0.15, 0.2) is 66.2 Å². The van der Waals surface area contributed by atoms with E-state index in [4.69, 9.17) is 39.5 Å². The van der Waals surface area contributed by atoms with Gasteiger partial charge in [-0.25, -0.2) is 9.69 Å². The summed E-state index contributed by atoms with van der Waals surface area (Å²) in [7, 11) is 0. The minimum absolute atomic E-state index is 0.0279. The highest BCUT2D eigenvalue weighted by Crippen LogP contribution is 2.36. The maximum absolute atomic E-state index is 13.2. The molecule has 4 amide bonds. The zero-order valence-electron chi connectivity index (χ0n) is 18.0. The van der Waals surface area contributed by atoms with Crippen LogP contribution in [0.25, 0.3) is 6.08 Å². The van der Waals surface area contributed by atoms with Crippen LogP contribution in [-0.2, 0) is 16.2 Å². The van der Waals surface area contributed by atoms with Crippen molar-refractivity contribution in [3.63, 3.8) is 0 Å². The van der Waals surface area contributed by atoms with Crippen LogP contribution in [-0.4, -0.2) is 22.8 Å². The van der Waals surface area contributed by atoms with Crippen molar-refractivity contribution in [1.82, 2.24) is 5.32 Å². The van der Waals surface area contributed by atoms with Crippen LogP contribution in [0.5, 0.6) is 5.75 Å². The van der Waals surface area contributed by atoms with Gasteiger partial charge in [-0.3, -0.25) is 25.0 Å². The molecular weight excluding hydrogens is 533 g/mol. The summed E-state index contributed by atoms with van der Waals surface area (Å²) in [5.74, 6) is -1.73. The molecule has 3 aromatic rings. The number of urea groups is 1. The summed E-state index contributed by atoms with van der Waals surface area (Å²) < 4.78 is 5.82. The van der Waals surface area contributed by atoms with E-state index in [0.29, 0.717) is 5.56 Å². The Kier molecular flexibility index (Phi) is 7.25. The number of ether oxygens (including phenoxy) is 1. The Morgan fingerprint density at radius 2 is 1.67 bits per heavy atom. The number of carbonyl (C=O) groups excluding carboxylic acids is 3. The molecule has 0 aromatic heterocycles. The van der Waals surface area contributed by atoms with E-state index in [1.807, 2.05) is 0 Å². The third-order valence-corrected chi connectivity index (χ3v) is 5.88. The van der Waals surface area contributed by atoms with E-state index >= 15 is 0 Å². The monoisotopic (exact) mass is 545 g/mol. The van der Waals surface area contributed by atoms with Crippen LogP contribution >= 0.6 is 34.8 Å². The molecule has 0 atom stereocenters. The van der Waals surface area contributed by atoms with Gasteiger partial charge in [0.05, 0.1) is 20.7 Å². The Labute approximate surface area is 219 Å². The van der Waals surface area contributed by atoms with E-state index in [2.05, 4.69) is 5.32 Å². The Bertz CT molecular complexity index is 1440. The molecule has 1 fully saturated rings. The molecule has 0 spiro atoms. The number of barbiturate groups is 1. The van der Waals surface area contributed by atoms with Gasteiger partial charge in [0.1, 0.15) is 17.9 Å². The molecule has 3 aromatic carbocycles. The zero-order valence-corrected chi connectivity index (χ0v) is 20.3. The maximum Gasteiger partial charge on any atom is 0.335 e. The van der Waals surface area contributed by atoms with E-state index in [9.17, 15) is 24.5 Å². The van der Waals surface area contributed by atoms with Crippen molar-refractivity contribution in [1.29, 1.82) is 0 Å². The summed E-state index contributed by atoms with van der Waals surface area (Å²) in [4.78, 5) is 49.3. The highest BCUT2D eigenvalue weighted by atomic mass is 35.5. The number of imide groups is 2. The van der Waals surface area contributed by atoms with E-state index in [1.165, 1.54) is 54.6 Å². The number of para-hydroxylation sites is 1. The molecule has 0 bridgehead atoms. The lowest BCUT2D eigenvalue weighted by molar-refractivity contribution is -0.384. The smallest absolute Gasteiger partial charge is 0.335 e. The van der Waals surface area contributed by atoms with Crippen LogP contribution in [0.3, 0.4) is 0 Å². The highest BCUT2D eigenvalue weighted by Gasteiger charge is 2.38. The van der Waals surface area contributed by atoms with E-state index in [0.717, 1.165) is 4.90 Å². The number of benzene rings is 3. The third kappa shape index (κ3) is 5.18. The van der Waals surface area contributed by atoms with Crippen molar-refractivity contribution in [2.45, 2.75) is 6.61 Å². The van der Waals surface area contributed by atoms with E-state index in [-0.39, 0.29) is 49.9 Å². The second kappa shape index (κ2) is 10.4. The molecule has 1 aliphatic heterocycles. The number of hydrogen-bond donors (Lipinski definition) is 1. The summed E-state index contributed by atoms with van der Waals surface area (Å²) in [6.45, 7) is -0.0279. The van der Waals surface area contributed by atoms with Crippen molar-refractivity contribution in [3.8, 4) is 5.75 Å². The summed E-state index contributed by atoms with van der Waals surface area (Å²) in [6.07, 6.45) is 1.21. The number of rotatable bonds is 6. The van der Waals surface area contributed by atoms with Crippen molar-refractivity contribution < 1.29 is 24.0 Å². The van der Waals surface area contributed by atoms with Gasteiger partial charge in [-0.15, -0.1) is 0 Å². The lowest BCUT2D eigenvalue weighted by atomic mass is 10.1. The molecule has 12 heteroatoms. The number of amides is 4. The predicted octanol–water partition coefficient (Wildman–Crippen LogP) is 5.80. The van der Waals surface area contributed by atoms with Gasteiger partial charge in [-0.05, 0) is 48.0 Å². The van der Waals surface area contributed by atoms with Gasteiger partial charge in [0.2, 0.25) is 0 Å². The first-order chi connectivity index (χ1) is 17.2. The Hall–Kier alpha value is -3.92. The van der Waals surface area contributed by atoms with Crippen molar-refractivity contribution in [2.75, 3.05) is 4.90 Å². The van der Waals surface area contributed by atoms with Gasteiger partial charge in [-0.1, -0.05) is 46.9 Å². The number of anilines is 1. The number of hydrogen-bond acceptors (Lipinski definition) is 6. The fourth-order valence-electron chi connectivity index (χ4n) is 3.37. The second-order valence-electron chi connectivity index (χ2n) is 7.43. The fourth-order valence-corrected chi connectivity index (χ4v) is 4.16. The van der Waals surface area contributed by atoms with Gasteiger partial charge in [0, 0.05) is 22.7 Å². The van der Waals surface area contributed by atoms with Crippen LogP contribution in [0.1, 0.15) is 11.1 Å². The molecule has 36 heavy (non-hydrogen) atoms. The molecule has 1 heterocycles. The number of halogens is 3. The molecule has 0 saturated carbocycles. The summed E-state index contributed by atoms with van der Waals surface area (Å²) in [5.41, 5.74) is 0.439. The van der Waals surface area contributed by atoms with Crippen LogP contribution < -0.4 is 15.0 Å². The van der Waals surface area contributed by atoms with Gasteiger partial charge in [-0.2, -0.15) is 0 Å². The molecule has 1 N–H and O–H groups in total. The molecule has 4 rings (SSSR count). The molecular formula is C24H14Cl3N3O6. The van der Waals surface area contributed by atoms with Gasteiger partial charge in [0.25, 0.3) is 17.5 Å². The van der Waals surface area contributed by atoms with Crippen LogP contribution in [0.4, 0.5) is 16.2 Å². The first-order valence-corrected chi connectivity index (χ1v) is 11.3. The first kappa shape index (κ1) is 25.2. The Morgan fingerprint density at radius 3 is 2.33 bits per heavy atom. The lowest BCUT2D eigenvalue weighted by Gasteiger charge is -2.27. The van der Waals surface area contributed by atoms with Crippen LogP contribution in [0.2, 0.25) is 15.1 Å². The van der Waals surface area contributed by atoms with Gasteiger partial charge >= 0.3 is 6.03 Å². The van der Waals surface area contributed by atoms with E-state index < -0.39 is 22.8 Å². The number of nitrogens with zero attached hydrogens (tertiary/aromatic N) is 2. The SMILES string of the molecule is O=C1NC(=O)N(c2ccccc2Cl)C(=O)/C1=C/c1cc(Cl)cc(Cl)c1OCc1ccc([N+](=O)[O-])cc1. The number of nitro groups is 1. The molecule has 182 valence electrons. The molecule has 1 saturated heterocycles. The molecule has 9 nitrogen and oxygen atoms in total. The van der Waals surface area contributed by atoms with Crippen molar-refractivity contribution >= 4 is 70.1 Å². The maximum atomic E-state index is 13.2.